The second-order valence-electron chi connectivity index (χ2n) is 5.36. The van der Waals surface area contributed by atoms with Crippen molar-refractivity contribution in [2.24, 2.45) is 0 Å². The minimum absolute atomic E-state index is 0.133. The van der Waals surface area contributed by atoms with Gasteiger partial charge in [0.2, 0.25) is 5.88 Å². The van der Waals surface area contributed by atoms with E-state index in [1.165, 1.54) is 12.1 Å². The number of nitrogens with two attached hydrogens (primary N) is 2. The number of pyridine rings is 2. The van der Waals surface area contributed by atoms with Crippen LogP contribution in [0, 0.1) is 0 Å². The Kier molecular flexibility index (Phi) is 3.56. The van der Waals surface area contributed by atoms with Crippen molar-refractivity contribution in [2.45, 2.75) is 6.92 Å². The monoisotopic (exact) mass is 357 g/mol. The summed E-state index contributed by atoms with van der Waals surface area (Å²) in [6.07, 6.45) is 0. The summed E-state index contributed by atoms with van der Waals surface area (Å²) in [5, 5.41) is 0.252. The third-order valence-corrected chi connectivity index (χ3v) is 3.78. The fraction of sp³-hybridized carbons (Fsp3) is 0.167. The fourth-order valence-corrected chi connectivity index (χ4v) is 2.61. The molecule has 3 rings (SSSR count). The van der Waals surface area contributed by atoms with Crippen molar-refractivity contribution < 1.29 is 18.4 Å². The normalized spacial score (nSPS) is 12.9. The molecule has 0 saturated heterocycles. The van der Waals surface area contributed by atoms with Gasteiger partial charge in [0.1, 0.15) is 5.56 Å². The molecule has 1 aromatic carbocycles. The lowest BCUT2D eigenvalue weighted by atomic mass is 10.1. The van der Waals surface area contributed by atoms with Gasteiger partial charge in [0.25, 0.3) is 5.56 Å². The van der Waals surface area contributed by atoms with Crippen LogP contribution in [0.15, 0.2) is 41.2 Å². The van der Waals surface area contributed by atoms with E-state index in [-0.39, 0.29) is 22.6 Å². The van der Waals surface area contributed by atoms with Gasteiger partial charge >= 0.3 is 5.97 Å². The van der Waals surface area contributed by atoms with Gasteiger partial charge in [-0.15, -0.1) is 0 Å². The van der Waals surface area contributed by atoms with E-state index in [9.17, 15) is 9.59 Å². The highest BCUT2D eigenvalue weighted by atomic mass is 16.5. The van der Waals surface area contributed by atoms with Crippen molar-refractivity contribution in [1.29, 1.82) is 0 Å². The van der Waals surface area contributed by atoms with E-state index in [1.807, 2.05) is 0 Å². The Morgan fingerprint density at radius 1 is 1.23 bits per heavy atom. The molecule has 0 aliphatic rings. The lowest BCUT2D eigenvalue weighted by Gasteiger charge is -2.15. The van der Waals surface area contributed by atoms with Crippen LogP contribution in [-0.4, -0.2) is 29.2 Å². The molecule has 0 atom stereocenters. The number of benzene rings is 1. The van der Waals surface area contributed by atoms with Crippen molar-refractivity contribution in [3.05, 3.63) is 52.3 Å². The molecule has 0 unspecified atom stereocenters. The number of carbonyl (C=O) groups is 1. The number of nitrogens with zero attached hydrogens (tertiary/aromatic N) is 2. The first-order valence-corrected chi connectivity index (χ1v) is 7.69. The van der Waals surface area contributed by atoms with Crippen LogP contribution in [0.2, 0.25) is 0 Å². The molecule has 0 fully saturated rings. The fourth-order valence-electron chi connectivity index (χ4n) is 2.61. The van der Waals surface area contributed by atoms with Gasteiger partial charge in [0, 0.05) is 17.1 Å². The lowest BCUT2D eigenvalue weighted by molar-refractivity contribution is 0.0600. The maximum absolute atomic E-state index is 13.2. The Hall–Kier alpha value is -3.55. The topological polar surface area (TPSA) is 122 Å². The molecule has 26 heavy (non-hydrogen) atoms. The second-order valence-corrected chi connectivity index (χ2v) is 5.36. The molecule has 134 valence electrons. The number of anilines is 2. The van der Waals surface area contributed by atoms with Crippen LogP contribution in [0.4, 0.5) is 11.4 Å². The number of carbonyl (C=O) groups excluding carboxylic acids is 1. The van der Waals surface area contributed by atoms with Gasteiger partial charge in [0.15, 0.2) is 5.65 Å². The summed E-state index contributed by atoms with van der Waals surface area (Å²) in [7, 11) is -3.03. The third-order valence-electron chi connectivity index (χ3n) is 3.78. The number of aromatic nitrogens is 2. The number of fused-ring (bicyclic) bond motifs is 1. The Morgan fingerprint density at radius 2 is 1.96 bits per heavy atom. The zero-order valence-corrected chi connectivity index (χ0v) is 13.9. The first-order chi connectivity index (χ1) is 13.6. The van der Waals surface area contributed by atoms with E-state index >= 15 is 0 Å². The van der Waals surface area contributed by atoms with Crippen LogP contribution in [0.5, 0.6) is 5.88 Å². The molecule has 3 aromatic rings. The number of methoxy groups -OCH3 is 1. The molecule has 0 aliphatic heterocycles. The van der Waals surface area contributed by atoms with E-state index in [2.05, 4.69) is 9.72 Å². The van der Waals surface area contributed by atoms with Crippen LogP contribution in [-0.2, 0) is 4.74 Å². The third kappa shape index (κ3) is 2.81. The van der Waals surface area contributed by atoms with Crippen LogP contribution in [0.3, 0.4) is 0 Å². The number of nitrogen functional groups attached to an aromatic ring is 2. The molecule has 0 aliphatic carbocycles. The van der Waals surface area contributed by atoms with E-state index in [0.29, 0.717) is 18.0 Å². The summed E-state index contributed by atoms with van der Waals surface area (Å²) >= 11 is 0. The summed E-state index contributed by atoms with van der Waals surface area (Å²) in [5.74, 6) is -1.10. The van der Waals surface area contributed by atoms with Crippen LogP contribution in [0.25, 0.3) is 16.7 Å². The van der Waals surface area contributed by atoms with Gasteiger partial charge in [-0.2, -0.15) is 4.98 Å². The van der Waals surface area contributed by atoms with Gasteiger partial charge in [0.05, 0.1) is 29.1 Å². The Labute approximate surface area is 153 Å². The SMILES string of the molecule is [2H]C([2H])([2H])OC(=O)c1c(N)c2ccc(OCC)nc2n(-c2ccc(N)cc2)c1=O. The summed E-state index contributed by atoms with van der Waals surface area (Å²) in [5.41, 5.74) is 11.0. The number of esters is 1. The first-order valence-electron chi connectivity index (χ1n) is 9.19. The summed E-state index contributed by atoms with van der Waals surface area (Å²) in [6, 6.07) is 9.30. The highest BCUT2D eigenvalue weighted by Crippen LogP contribution is 2.26. The maximum Gasteiger partial charge on any atom is 0.345 e. The second kappa shape index (κ2) is 6.75. The van der Waals surface area contributed by atoms with Crippen LogP contribution < -0.4 is 21.8 Å². The van der Waals surface area contributed by atoms with Crippen molar-refractivity contribution in [2.75, 3.05) is 25.1 Å². The highest BCUT2D eigenvalue weighted by molar-refractivity contribution is 6.03. The quantitative estimate of drug-likeness (QED) is 0.538. The van der Waals surface area contributed by atoms with Gasteiger partial charge in [-0.1, -0.05) is 0 Å². The van der Waals surface area contributed by atoms with Gasteiger partial charge in [-0.25, -0.2) is 4.79 Å². The molecule has 2 aromatic heterocycles. The summed E-state index contributed by atoms with van der Waals surface area (Å²) in [6.45, 7) is 2.13. The molecule has 0 spiro atoms. The Bertz CT molecular complexity index is 1140. The molecule has 8 heteroatoms. The van der Waals surface area contributed by atoms with Gasteiger partial charge < -0.3 is 20.9 Å². The van der Waals surface area contributed by atoms with Crippen molar-refractivity contribution in [3.63, 3.8) is 0 Å². The average molecular weight is 357 g/mol. The molecule has 2 heterocycles. The zero-order valence-electron chi connectivity index (χ0n) is 16.9. The van der Waals surface area contributed by atoms with E-state index in [4.69, 9.17) is 20.3 Å². The Morgan fingerprint density at radius 3 is 2.62 bits per heavy atom. The number of hydrogen-bond donors (Lipinski definition) is 2. The summed E-state index contributed by atoms with van der Waals surface area (Å²) in [4.78, 5) is 29.9. The molecule has 0 saturated carbocycles. The van der Waals surface area contributed by atoms with Crippen molar-refractivity contribution in [3.8, 4) is 11.6 Å². The molecule has 0 radical (unpaired) electrons. The largest absolute Gasteiger partial charge is 0.478 e. The maximum atomic E-state index is 13.2. The van der Waals surface area contributed by atoms with Crippen molar-refractivity contribution in [1.82, 2.24) is 9.55 Å². The van der Waals surface area contributed by atoms with Gasteiger partial charge in [-0.3, -0.25) is 9.36 Å². The molecule has 4 N–H and O–H groups in total. The number of rotatable bonds is 4. The smallest absolute Gasteiger partial charge is 0.345 e. The first kappa shape index (κ1) is 13.7. The molecular weight excluding hydrogens is 336 g/mol. The molecule has 0 amide bonds. The predicted octanol–water partition coefficient (Wildman–Crippen LogP) is 1.74. The van der Waals surface area contributed by atoms with Crippen molar-refractivity contribution >= 4 is 28.4 Å². The summed E-state index contributed by atoms with van der Waals surface area (Å²) < 4.78 is 32.3. The Balaban J connectivity index is 2.37. The van der Waals surface area contributed by atoms with E-state index in [0.717, 1.165) is 4.57 Å². The average Bonchev–Trinajstić information content (AvgIpc) is 2.62. The van der Waals surface area contributed by atoms with E-state index < -0.39 is 24.1 Å². The number of ether oxygens (including phenoxy) is 2. The standard InChI is InChI=1S/C18H18N4O4/c1-3-26-13-9-8-12-15(20)14(18(24)25-2)17(23)22(16(12)21-13)11-6-4-10(19)5-7-11/h4-9H,3,19-20H2,1-2H3/i2D3. The highest BCUT2D eigenvalue weighted by Gasteiger charge is 2.23. The number of hydrogen-bond acceptors (Lipinski definition) is 7. The zero-order chi connectivity index (χ0) is 21.3. The van der Waals surface area contributed by atoms with Gasteiger partial charge in [-0.05, 0) is 37.3 Å². The lowest BCUT2D eigenvalue weighted by Crippen LogP contribution is -2.28. The minimum Gasteiger partial charge on any atom is -0.478 e. The molecular formula is C18H18N4O4. The molecule has 0 bridgehead atoms. The van der Waals surface area contributed by atoms with E-state index in [1.54, 1.807) is 31.2 Å². The predicted molar refractivity (Wildman–Crippen MR) is 98.7 cm³/mol. The molecule has 8 nitrogen and oxygen atoms in total. The van der Waals surface area contributed by atoms with Crippen LogP contribution in [0.1, 0.15) is 21.4 Å². The minimum atomic E-state index is -3.03. The van der Waals surface area contributed by atoms with Crippen LogP contribution >= 0.6 is 0 Å².